The number of furan rings is 1. The lowest BCUT2D eigenvalue weighted by molar-refractivity contribution is 0.104. The number of carbonyl (C=O) groups is 1. The fourth-order valence-electron chi connectivity index (χ4n) is 3.31. The van der Waals surface area contributed by atoms with E-state index in [0.29, 0.717) is 50.8 Å². The van der Waals surface area contributed by atoms with Crippen molar-refractivity contribution < 1.29 is 31.8 Å². The molecule has 1 saturated heterocycles. The van der Waals surface area contributed by atoms with Crippen molar-refractivity contribution >= 4 is 16.1 Å². The molecule has 0 unspecified atom stereocenters. The topological polar surface area (TPSA) is 111 Å². The van der Waals surface area contributed by atoms with E-state index < -0.39 is 10.0 Å². The van der Waals surface area contributed by atoms with Crippen LogP contribution < -0.4 is 14.8 Å². The van der Waals surface area contributed by atoms with E-state index in [9.17, 15) is 13.2 Å². The molecular formula is C21H29N3O7S. The van der Waals surface area contributed by atoms with Crippen molar-refractivity contribution in [2.24, 2.45) is 0 Å². The van der Waals surface area contributed by atoms with E-state index in [1.165, 1.54) is 30.7 Å². The minimum atomic E-state index is -3.70. The predicted octanol–water partition coefficient (Wildman–Crippen LogP) is 1.92. The summed E-state index contributed by atoms with van der Waals surface area (Å²) in [6, 6.07) is 7.93. The fourth-order valence-corrected chi connectivity index (χ4v) is 4.74. The third-order valence-electron chi connectivity index (χ3n) is 5.08. The molecule has 11 heteroatoms. The molecule has 1 aliphatic rings. The lowest BCUT2D eigenvalue weighted by Gasteiger charge is -2.34. The Kier molecular flexibility index (Phi) is 8.37. The maximum Gasteiger partial charge on any atom is 0.317 e. The fraction of sp³-hybridized carbons (Fsp3) is 0.476. The molecule has 1 aromatic heterocycles. The van der Waals surface area contributed by atoms with Crippen molar-refractivity contribution in [1.29, 1.82) is 0 Å². The summed E-state index contributed by atoms with van der Waals surface area (Å²) in [4.78, 5) is 14.1. The first-order valence-corrected chi connectivity index (χ1v) is 11.7. The molecule has 0 atom stereocenters. The van der Waals surface area contributed by atoms with Crippen LogP contribution >= 0.6 is 0 Å². The zero-order chi connectivity index (χ0) is 23.0. The number of carbonyl (C=O) groups excluding carboxylic acids is 1. The Morgan fingerprint density at radius 3 is 2.50 bits per heavy atom. The van der Waals surface area contributed by atoms with E-state index in [0.717, 1.165) is 5.76 Å². The monoisotopic (exact) mass is 467 g/mol. The lowest BCUT2D eigenvalue weighted by Crippen LogP contribution is -2.53. The molecule has 1 aromatic carbocycles. The van der Waals surface area contributed by atoms with Gasteiger partial charge in [-0.25, -0.2) is 13.2 Å². The van der Waals surface area contributed by atoms with Gasteiger partial charge in [0, 0.05) is 45.4 Å². The summed E-state index contributed by atoms with van der Waals surface area (Å²) in [7, 11) is -0.754. The van der Waals surface area contributed by atoms with Crippen molar-refractivity contribution in [2.45, 2.75) is 17.9 Å². The van der Waals surface area contributed by atoms with Crippen molar-refractivity contribution in [1.82, 2.24) is 14.5 Å². The third-order valence-corrected chi connectivity index (χ3v) is 6.98. The number of amides is 2. The van der Waals surface area contributed by atoms with Crippen molar-refractivity contribution in [3.8, 4) is 11.5 Å². The zero-order valence-corrected chi connectivity index (χ0v) is 19.1. The summed E-state index contributed by atoms with van der Waals surface area (Å²) in [5.41, 5.74) is 0. The van der Waals surface area contributed by atoms with Gasteiger partial charge >= 0.3 is 6.03 Å². The quantitative estimate of drug-likeness (QED) is 0.532. The van der Waals surface area contributed by atoms with Crippen molar-refractivity contribution in [3.05, 3.63) is 42.4 Å². The number of ether oxygens (including phenoxy) is 3. The molecule has 3 rings (SSSR count). The standard InChI is InChI=1S/C21H29N3O7S/c1-28-19-7-6-18(15-20(19)29-2)32(26,27)24-11-9-23(10-12-24)21(25)22-8-4-13-30-16-17-5-3-14-31-17/h3,5-7,14-15H,4,8-13,16H2,1-2H3,(H,22,25). The molecule has 1 aliphatic heterocycles. The summed E-state index contributed by atoms with van der Waals surface area (Å²) in [6.45, 7) is 2.43. The number of benzene rings is 1. The zero-order valence-electron chi connectivity index (χ0n) is 18.3. The highest BCUT2D eigenvalue weighted by Crippen LogP contribution is 2.30. The van der Waals surface area contributed by atoms with Gasteiger partial charge < -0.3 is 28.8 Å². The molecule has 1 fully saturated rings. The minimum absolute atomic E-state index is 0.127. The number of sulfonamides is 1. The highest BCUT2D eigenvalue weighted by Gasteiger charge is 2.30. The van der Waals surface area contributed by atoms with Crippen LogP contribution in [0.3, 0.4) is 0 Å². The molecule has 0 saturated carbocycles. The largest absolute Gasteiger partial charge is 0.493 e. The van der Waals surface area contributed by atoms with Crippen molar-refractivity contribution in [3.63, 3.8) is 0 Å². The van der Waals surface area contributed by atoms with Crippen LogP contribution in [0.15, 0.2) is 45.9 Å². The van der Waals surface area contributed by atoms with Gasteiger partial charge in [-0.1, -0.05) is 0 Å². The lowest BCUT2D eigenvalue weighted by atomic mass is 10.3. The van der Waals surface area contributed by atoms with E-state index in [2.05, 4.69) is 5.32 Å². The highest BCUT2D eigenvalue weighted by atomic mass is 32.2. The van der Waals surface area contributed by atoms with Gasteiger partial charge in [0.15, 0.2) is 11.5 Å². The number of nitrogens with zero attached hydrogens (tertiary/aromatic N) is 2. The van der Waals surface area contributed by atoms with Crippen LogP contribution in [0.25, 0.3) is 0 Å². The summed E-state index contributed by atoms with van der Waals surface area (Å²) in [5, 5.41) is 2.84. The van der Waals surface area contributed by atoms with E-state index in [1.807, 2.05) is 6.07 Å². The first-order valence-electron chi connectivity index (χ1n) is 10.3. The summed E-state index contributed by atoms with van der Waals surface area (Å²) < 4.78 is 48.4. The molecule has 176 valence electrons. The van der Waals surface area contributed by atoms with E-state index >= 15 is 0 Å². The van der Waals surface area contributed by atoms with Gasteiger partial charge in [-0.3, -0.25) is 0 Å². The molecule has 2 amide bonds. The summed E-state index contributed by atoms with van der Waals surface area (Å²) >= 11 is 0. The van der Waals surface area contributed by atoms with E-state index in [4.69, 9.17) is 18.6 Å². The normalized spacial score (nSPS) is 14.9. The van der Waals surface area contributed by atoms with Crippen LogP contribution in [0.4, 0.5) is 4.79 Å². The molecule has 0 spiro atoms. The third kappa shape index (κ3) is 5.93. The van der Waals surface area contributed by atoms with E-state index in [1.54, 1.807) is 23.3 Å². The Bertz CT molecular complexity index is 971. The van der Waals surface area contributed by atoms with E-state index in [-0.39, 0.29) is 24.0 Å². The molecule has 2 aromatic rings. The van der Waals surface area contributed by atoms with Gasteiger partial charge in [-0.15, -0.1) is 0 Å². The van der Waals surface area contributed by atoms with Gasteiger partial charge in [0.05, 0.1) is 25.4 Å². The Hall–Kier alpha value is -2.76. The first kappa shape index (κ1) is 23.9. The number of hydrogen-bond acceptors (Lipinski definition) is 7. The van der Waals surface area contributed by atoms with Gasteiger partial charge in [0.25, 0.3) is 0 Å². The molecule has 10 nitrogen and oxygen atoms in total. The predicted molar refractivity (Wildman–Crippen MR) is 116 cm³/mol. The molecule has 0 bridgehead atoms. The van der Waals surface area contributed by atoms with Crippen LogP contribution in [0.1, 0.15) is 12.2 Å². The van der Waals surface area contributed by atoms with Crippen LogP contribution in [-0.2, 0) is 21.4 Å². The first-order chi connectivity index (χ1) is 15.5. The Morgan fingerprint density at radius 1 is 1.09 bits per heavy atom. The Labute approximate surface area is 188 Å². The molecule has 32 heavy (non-hydrogen) atoms. The minimum Gasteiger partial charge on any atom is -0.493 e. The number of hydrogen-bond donors (Lipinski definition) is 1. The van der Waals surface area contributed by atoms with Gasteiger partial charge in [0.2, 0.25) is 10.0 Å². The maximum atomic E-state index is 13.0. The molecule has 0 radical (unpaired) electrons. The second kappa shape index (κ2) is 11.2. The maximum absolute atomic E-state index is 13.0. The molecule has 2 heterocycles. The van der Waals surface area contributed by atoms with Crippen molar-refractivity contribution in [2.75, 3.05) is 53.6 Å². The SMILES string of the molecule is COc1ccc(S(=O)(=O)N2CCN(C(=O)NCCCOCc3ccco3)CC2)cc1OC. The Balaban J connectivity index is 1.42. The summed E-state index contributed by atoms with van der Waals surface area (Å²) in [5.74, 6) is 1.56. The second-order valence-corrected chi connectivity index (χ2v) is 9.06. The average molecular weight is 468 g/mol. The number of urea groups is 1. The molecule has 1 N–H and O–H groups in total. The van der Waals surface area contributed by atoms with Crippen LogP contribution in [0.2, 0.25) is 0 Å². The number of rotatable bonds is 10. The van der Waals surface area contributed by atoms with Gasteiger partial charge in [-0.2, -0.15) is 4.31 Å². The highest BCUT2D eigenvalue weighted by molar-refractivity contribution is 7.89. The van der Waals surface area contributed by atoms with Crippen LogP contribution in [-0.4, -0.2) is 77.2 Å². The van der Waals surface area contributed by atoms with Gasteiger partial charge in [-0.05, 0) is 30.7 Å². The second-order valence-electron chi connectivity index (χ2n) is 7.13. The molecular weight excluding hydrogens is 438 g/mol. The van der Waals surface area contributed by atoms with Crippen LogP contribution in [0.5, 0.6) is 11.5 Å². The number of nitrogens with one attached hydrogen (secondary N) is 1. The van der Waals surface area contributed by atoms with Crippen LogP contribution in [0, 0.1) is 0 Å². The molecule has 0 aliphatic carbocycles. The average Bonchev–Trinajstić information content (AvgIpc) is 3.34. The Morgan fingerprint density at radius 2 is 1.84 bits per heavy atom. The number of piperazine rings is 1. The summed E-state index contributed by atoms with van der Waals surface area (Å²) in [6.07, 6.45) is 2.26. The number of methoxy groups -OCH3 is 2. The van der Waals surface area contributed by atoms with Gasteiger partial charge in [0.1, 0.15) is 12.4 Å². The smallest absolute Gasteiger partial charge is 0.317 e.